The number of rotatable bonds is 3. The fraction of sp³-hybridized carbons (Fsp3) is 0.200. The van der Waals surface area contributed by atoms with Crippen LogP contribution in [0.1, 0.15) is 37.4 Å². The average molecular weight is 416 g/mol. The Kier molecular flexibility index (Phi) is 5.48. The van der Waals surface area contributed by atoms with Gasteiger partial charge in [0.05, 0.1) is 17.7 Å². The van der Waals surface area contributed by atoms with Gasteiger partial charge in [-0.2, -0.15) is 5.26 Å². The number of hydrogen-bond donors (Lipinski definition) is 1. The molecule has 5 heteroatoms. The molecule has 0 unspecified atom stereocenters. The number of halogens is 1. The third-order valence-electron chi connectivity index (χ3n) is 5.53. The molecule has 0 spiro atoms. The summed E-state index contributed by atoms with van der Waals surface area (Å²) in [5.74, 6) is 0.0380. The van der Waals surface area contributed by atoms with Gasteiger partial charge in [0.15, 0.2) is 0 Å². The third-order valence-corrected chi connectivity index (χ3v) is 5.77. The number of carbonyl (C=O) groups excluding carboxylic acids is 1. The van der Waals surface area contributed by atoms with Crippen LogP contribution < -0.4 is 10.2 Å². The SMILES string of the molecule is CC(=O)N1c2ccc(-c3ccc(C#N)cc3)cc2[C@@H](Nc2cccc(Cl)c2)C[C@H]1C. The van der Waals surface area contributed by atoms with Gasteiger partial charge in [-0.05, 0) is 72.5 Å². The first-order chi connectivity index (χ1) is 14.5. The fourth-order valence-electron chi connectivity index (χ4n) is 4.18. The first kappa shape index (κ1) is 20.0. The molecular formula is C25H22ClN3O. The van der Waals surface area contributed by atoms with Crippen molar-refractivity contribution in [3.63, 3.8) is 0 Å². The third kappa shape index (κ3) is 3.90. The smallest absolute Gasteiger partial charge is 0.224 e. The summed E-state index contributed by atoms with van der Waals surface area (Å²) < 4.78 is 0. The van der Waals surface area contributed by atoms with Crippen LogP contribution in [0.2, 0.25) is 5.02 Å². The van der Waals surface area contributed by atoms with Gasteiger partial charge in [0.2, 0.25) is 5.91 Å². The van der Waals surface area contributed by atoms with Gasteiger partial charge in [-0.25, -0.2) is 0 Å². The molecule has 0 aliphatic carbocycles. The Morgan fingerprint density at radius 3 is 2.50 bits per heavy atom. The highest BCUT2D eigenvalue weighted by atomic mass is 35.5. The van der Waals surface area contributed by atoms with Gasteiger partial charge in [-0.3, -0.25) is 4.79 Å². The molecule has 4 nitrogen and oxygen atoms in total. The van der Waals surface area contributed by atoms with E-state index in [2.05, 4.69) is 24.4 Å². The van der Waals surface area contributed by atoms with Crippen LogP contribution in [0.25, 0.3) is 11.1 Å². The quantitative estimate of drug-likeness (QED) is 0.555. The highest BCUT2D eigenvalue weighted by molar-refractivity contribution is 6.30. The van der Waals surface area contributed by atoms with E-state index in [9.17, 15) is 4.79 Å². The summed E-state index contributed by atoms with van der Waals surface area (Å²) in [5.41, 5.74) is 5.67. The van der Waals surface area contributed by atoms with E-state index in [0.29, 0.717) is 10.6 Å². The van der Waals surface area contributed by atoms with E-state index in [4.69, 9.17) is 16.9 Å². The first-order valence-electron chi connectivity index (χ1n) is 9.92. The molecule has 0 radical (unpaired) electrons. The monoisotopic (exact) mass is 415 g/mol. The Balaban J connectivity index is 1.77. The summed E-state index contributed by atoms with van der Waals surface area (Å²) in [4.78, 5) is 14.2. The number of carbonyl (C=O) groups is 1. The zero-order chi connectivity index (χ0) is 21.3. The van der Waals surface area contributed by atoms with E-state index < -0.39 is 0 Å². The van der Waals surface area contributed by atoms with Gasteiger partial charge in [0, 0.05) is 29.4 Å². The van der Waals surface area contributed by atoms with Gasteiger partial charge < -0.3 is 10.2 Å². The molecule has 2 atom stereocenters. The molecule has 0 aromatic heterocycles. The molecular weight excluding hydrogens is 394 g/mol. The summed E-state index contributed by atoms with van der Waals surface area (Å²) >= 11 is 6.17. The van der Waals surface area contributed by atoms with Crippen LogP contribution in [0, 0.1) is 11.3 Å². The van der Waals surface area contributed by atoms with E-state index in [1.165, 1.54) is 0 Å². The van der Waals surface area contributed by atoms with E-state index in [-0.39, 0.29) is 18.0 Å². The Morgan fingerprint density at radius 1 is 1.10 bits per heavy atom. The number of fused-ring (bicyclic) bond motifs is 1. The van der Waals surface area contributed by atoms with Crippen molar-refractivity contribution in [2.24, 2.45) is 0 Å². The fourth-order valence-corrected chi connectivity index (χ4v) is 4.37. The maximum Gasteiger partial charge on any atom is 0.224 e. The number of amides is 1. The van der Waals surface area contributed by atoms with E-state index in [0.717, 1.165) is 34.5 Å². The minimum atomic E-state index is 0.0380. The average Bonchev–Trinajstić information content (AvgIpc) is 2.73. The van der Waals surface area contributed by atoms with Crippen molar-refractivity contribution in [1.29, 1.82) is 5.26 Å². The highest BCUT2D eigenvalue weighted by Gasteiger charge is 2.32. The van der Waals surface area contributed by atoms with Crippen LogP contribution in [-0.2, 0) is 4.79 Å². The van der Waals surface area contributed by atoms with E-state index >= 15 is 0 Å². The van der Waals surface area contributed by atoms with Crippen LogP contribution in [0.15, 0.2) is 66.7 Å². The van der Waals surface area contributed by atoms with E-state index in [1.807, 2.05) is 65.6 Å². The molecule has 1 aliphatic heterocycles. The van der Waals surface area contributed by atoms with Crippen molar-refractivity contribution in [3.8, 4) is 17.2 Å². The number of benzene rings is 3. The maximum atomic E-state index is 12.4. The molecule has 3 aromatic carbocycles. The summed E-state index contributed by atoms with van der Waals surface area (Å²) in [5, 5.41) is 13.3. The molecule has 0 fully saturated rings. The summed E-state index contributed by atoms with van der Waals surface area (Å²) in [6.45, 7) is 3.69. The molecule has 1 amide bonds. The standard InChI is InChI=1S/C25H22ClN3O/c1-16-12-24(28-22-5-3-4-21(26)14-22)23-13-20(10-11-25(23)29(16)17(2)30)19-8-6-18(15-27)7-9-19/h3-11,13-14,16,24,28H,12H2,1-2H3/t16-,24+/m1/s1. The molecule has 4 rings (SSSR count). The normalized spacial score (nSPS) is 17.7. The largest absolute Gasteiger partial charge is 0.378 e. The lowest BCUT2D eigenvalue weighted by atomic mass is 9.88. The topological polar surface area (TPSA) is 56.1 Å². The number of nitrogens with zero attached hydrogens (tertiary/aromatic N) is 2. The Labute approximate surface area is 181 Å². The van der Waals surface area contributed by atoms with E-state index in [1.54, 1.807) is 6.92 Å². The zero-order valence-corrected chi connectivity index (χ0v) is 17.6. The second kappa shape index (κ2) is 8.22. The van der Waals surface area contributed by atoms with Crippen molar-refractivity contribution in [1.82, 2.24) is 0 Å². The lowest BCUT2D eigenvalue weighted by Crippen LogP contribution is -2.43. The number of hydrogen-bond acceptors (Lipinski definition) is 3. The molecule has 0 saturated heterocycles. The number of nitriles is 1. The van der Waals surface area contributed by atoms with Crippen molar-refractivity contribution in [2.75, 3.05) is 10.2 Å². The van der Waals surface area contributed by atoms with Crippen LogP contribution in [0.4, 0.5) is 11.4 Å². The Bertz CT molecular complexity index is 1130. The maximum absolute atomic E-state index is 12.4. The van der Waals surface area contributed by atoms with Crippen molar-refractivity contribution < 1.29 is 4.79 Å². The van der Waals surface area contributed by atoms with Crippen LogP contribution in [0.3, 0.4) is 0 Å². The van der Waals surface area contributed by atoms with Crippen LogP contribution in [-0.4, -0.2) is 11.9 Å². The summed E-state index contributed by atoms with van der Waals surface area (Å²) in [6.07, 6.45) is 0.788. The first-order valence-corrected chi connectivity index (χ1v) is 10.3. The lowest BCUT2D eigenvalue weighted by Gasteiger charge is -2.39. The van der Waals surface area contributed by atoms with Crippen molar-refractivity contribution in [2.45, 2.75) is 32.4 Å². The van der Waals surface area contributed by atoms with Gasteiger partial charge in [-0.1, -0.05) is 35.9 Å². The van der Waals surface area contributed by atoms with Gasteiger partial charge in [0.25, 0.3) is 0 Å². The summed E-state index contributed by atoms with van der Waals surface area (Å²) in [7, 11) is 0. The van der Waals surface area contributed by atoms with Crippen molar-refractivity contribution >= 4 is 28.9 Å². The second-order valence-electron chi connectivity index (χ2n) is 7.64. The predicted molar refractivity (Wildman–Crippen MR) is 122 cm³/mol. The lowest BCUT2D eigenvalue weighted by molar-refractivity contribution is -0.117. The molecule has 30 heavy (non-hydrogen) atoms. The number of nitrogens with one attached hydrogen (secondary N) is 1. The predicted octanol–water partition coefficient (Wildman–Crippen LogP) is 6.18. The Hall–Kier alpha value is -3.29. The van der Waals surface area contributed by atoms with Gasteiger partial charge >= 0.3 is 0 Å². The molecule has 0 saturated carbocycles. The van der Waals surface area contributed by atoms with Crippen molar-refractivity contribution in [3.05, 3.63) is 82.9 Å². The molecule has 3 aromatic rings. The molecule has 1 heterocycles. The van der Waals surface area contributed by atoms with Gasteiger partial charge in [0.1, 0.15) is 0 Å². The van der Waals surface area contributed by atoms with Gasteiger partial charge in [-0.15, -0.1) is 0 Å². The minimum absolute atomic E-state index is 0.0380. The van der Waals surface area contributed by atoms with Crippen LogP contribution in [0.5, 0.6) is 0 Å². The van der Waals surface area contributed by atoms with Crippen LogP contribution >= 0.6 is 11.6 Å². The number of anilines is 2. The second-order valence-corrected chi connectivity index (χ2v) is 8.08. The highest BCUT2D eigenvalue weighted by Crippen LogP contribution is 2.41. The molecule has 1 aliphatic rings. The zero-order valence-electron chi connectivity index (χ0n) is 16.9. The molecule has 1 N–H and O–H groups in total. The molecule has 0 bridgehead atoms. The summed E-state index contributed by atoms with van der Waals surface area (Å²) in [6, 6.07) is 23.7. The minimum Gasteiger partial charge on any atom is -0.378 e. The molecule has 150 valence electrons. The Morgan fingerprint density at radius 2 is 1.83 bits per heavy atom.